The lowest BCUT2D eigenvalue weighted by atomic mass is 10.0. The third-order valence-electron chi connectivity index (χ3n) is 4.46. The van der Waals surface area contributed by atoms with Gasteiger partial charge in [-0.1, -0.05) is 60.3 Å². The van der Waals surface area contributed by atoms with Crippen molar-refractivity contribution in [3.05, 3.63) is 89.4 Å². The maximum absolute atomic E-state index is 12.7. The Balaban J connectivity index is 1.54. The van der Waals surface area contributed by atoms with Gasteiger partial charge in [0.15, 0.2) is 5.16 Å². The second-order valence-corrected chi connectivity index (χ2v) is 7.76. The largest absolute Gasteiger partial charge is 0.459 e. The first-order valence-electron chi connectivity index (χ1n) is 9.36. The molecule has 2 heterocycles. The van der Waals surface area contributed by atoms with Gasteiger partial charge >= 0.3 is 0 Å². The van der Waals surface area contributed by atoms with Crippen molar-refractivity contribution >= 4 is 28.6 Å². The van der Waals surface area contributed by atoms with Gasteiger partial charge < -0.3 is 9.73 Å². The molecule has 0 saturated carbocycles. The summed E-state index contributed by atoms with van der Waals surface area (Å²) in [6.07, 6.45) is 0. The van der Waals surface area contributed by atoms with Crippen LogP contribution in [0.1, 0.15) is 28.8 Å². The second-order valence-electron chi connectivity index (χ2n) is 6.82. The summed E-state index contributed by atoms with van der Waals surface area (Å²) in [7, 11) is 0. The van der Waals surface area contributed by atoms with Gasteiger partial charge in [-0.3, -0.25) is 4.79 Å². The highest BCUT2D eigenvalue weighted by Crippen LogP contribution is 2.28. The van der Waals surface area contributed by atoms with E-state index < -0.39 is 0 Å². The fourth-order valence-electron chi connectivity index (χ4n) is 3.20. The molecule has 1 N–H and O–H groups in total. The smallest absolute Gasteiger partial charge is 0.231 e. The summed E-state index contributed by atoms with van der Waals surface area (Å²) < 4.78 is 6.03. The Kier molecular flexibility index (Phi) is 5.62. The van der Waals surface area contributed by atoms with Crippen LogP contribution in [0.25, 0.3) is 11.0 Å². The molecule has 0 aliphatic carbocycles. The van der Waals surface area contributed by atoms with Crippen LogP contribution in [0.2, 0.25) is 0 Å². The summed E-state index contributed by atoms with van der Waals surface area (Å²) in [5.41, 5.74) is 3.55. The van der Waals surface area contributed by atoms with E-state index in [1.807, 2.05) is 80.6 Å². The number of para-hydroxylation sites is 1. The molecule has 0 aliphatic rings. The highest BCUT2D eigenvalue weighted by molar-refractivity contribution is 7.99. The summed E-state index contributed by atoms with van der Waals surface area (Å²) in [6.45, 7) is 3.84. The molecule has 0 saturated heterocycles. The first kappa shape index (κ1) is 19.2. The van der Waals surface area contributed by atoms with Crippen molar-refractivity contribution in [3.63, 3.8) is 0 Å². The fraction of sp³-hybridized carbons (Fsp3) is 0.174. The highest BCUT2D eigenvalue weighted by Gasteiger charge is 2.21. The van der Waals surface area contributed by atoms with E-state index in [1.165, 1.54) is 11.8 Å². The molecule has 0 fully saturated rings. The number of aryl methyl sites for hydroxylation is 2. The molecule has 4 aromatic rings. The number of rotatable bonds is 6. The normalized spacial score (nSPS) is 12.1. The van der Waals surface area contributed by atoms with Crippen LogP contribution < -0.4 is 5.32 Å². The minimum absolute atomic E-state index is 0.105. The Bertz CT molecular complexity index is 1090. The quantitative estimate of drug-likeness (QED) is 0.369. The van der Waals surface area contributed by atoms with E-state index in [1.54, 1.807) is 0 Å². The van der Waals surface area contributed by atoms with Gasteiger partial charge in [-0.05, 0) is 37.6 Å². The minimum Gasteiger partial charge on any atom is -0.459 e. The van der Waals surface area contributed by atoms with Crippen LogP contribution in [0, 0.1) is 13.8 Å². The van der Waals surface area contributed by atoms with Crippen molar-refractivity contribution in [1.29, 1.82) is 0 Å². The van der Waals surface area contributed by atoms with Crippen molar-refractivity contribution < 1.29 is 9.21 Å². The number of nitrogens with one attached hydrogen (secondary N) is 1. The Labute approximate surface area is 173 Å². The summed E-state index contributed by atoms with van der Waals surface area (Å²) in [5.74, 6) is 0.831. The van der Waals surface area contributed by atoms with E-state index >= 15 is 0 Å². The first-order valence-corrected chi connectivity index (χ1v) is 10.3. The number of benzene rings is 2. The summed E-state index contributed by atoms with van der Waals surface area (Å²) in [4.78, 5) is 21.5. The maximum Gasteiger partial charge on any atom is 0.231 e. The average Bonchev–Trinajstić information content (AvgIpc) is 3.14. The molecule has 0 aliphatic heterocycles. The lowest BCUT2D eigenvalue weighted by Gasteiger charge is -2.17. The number of carbonyl (C=O) groups excluding carboxylic acids is 1. The number of hydrogen-bond acceptors (Lipinski definition) is 5. The first-order chi connectivity index (χ1) is 14.1. The van der Waals surface area contributed by atoms with Gasteiger partial charge in [0.25, 0.3) is 0 Å². The zero-order chi connectivity index (χ0) is 20.2. The molecule has 0 spiro atoms. The van der Waals surface area contributed by atoms with E-state index in [4.69, 9.17) is 4.42 Å². The van der Waals surface area contributed by atoms with E-state index in [0.717, 1.165) is 27.9 Å². The lowest BCUT2D eigenvalue weighted by Crippen LogP contribution is -2.30. The molecule has 2 aromatic carbocycles. The highest BCUT2D eigenvalue weighted by atomic mass is 32.2. The van der Waals surface area contributed by atoms with Gasteiger partial charge in [-0.2, -0.15) is 0 Å². The Morgan fingerprint density at radius 2 is 1.69 bits per heavy atom. The van der Waals surface area contributed by atoms with Crippen LogP contribution in [0.15, 0.2) is 76.3 Å². The van der Waals surface area contributed by atoms with Gasteiger partial charge in [-0.15, -0.1) is 0 Å². The molecule has 29 heavy (non-hydrogen) atoms. The predicted octanol–water partition coefficient (Wildman–Crippen LogP) is 4.84. The van der Waals surface area contributed by atoms with Gasteiger partial charge in [0.1, 0.15) is 17.4 Å². The molecular formula is C23H21N3O2S. The standard InChI is InChI=1S/C23H21N3O2S/c1-15-12-16(2)25-23(24-15)29-14-21(27)26-22(17-8-4-3-5-9-17)20-13-18-10-6-7-11-19(18)28-20/h3-13,22H,14H2,1-2H3,(H,26,27)/t22-/m1/s1. The lowest BCUT2D eigenvalue weighted by molar-refractivity contribution is -0.119. The molecule has 1 amide bonds. The number of hydrogen-bond donors (Lipinski definition) is 1. The van der Waals surface area contributed by atoms with Crippen LogP contribution >= 0.6 is 11.8 Å². The fourth-order valence-corrected chi connectivity index (χ4v) is 3.96. The molecule has 146 valence electrons. The summed E-state index contributed by atoms with van der Waals surface area (Å²) in [6, 6.07) is 21.2. The Hall–Kier alpha value is -3.12. The zero-order valence-corrected chi connectivity index (χ0v) is 17.1. The van der Waals surface area contributed by atoms with Crippen molar-refractivity contribution in [2.24, 2.45) is 0 Å². The van der Waals surface area contributed by atoms with E-state index in [9.17, 15) is 4.79 Å². The Morgan fingerprint density at radius 1 is 1.00 bits per heavy atom. The number of carbonyl (C=O) groups is 1. The molecule has 0 unspecified atom stereocenters. The zero-order valence-electron chi connectivity index (χ0n) is 16.3. The third kappa shape index (κ3) is 4.66. The predicted molar refractivity (Wildman–Crippen MR) is 115 cm³/mol. The monoisotopic (exact) mass is 403 g/mol. The van der Waals surface area contributed by atoms with Crippen molar-refractivity contribution in [2.75, 3.05) is 5.75 Å². The molecule has 0 bridgehead atoms. The number of amides is 1. The van der Waals surface area contributed by atoms with Crippen molar-refractivity contribution in [2.45, 2.75) is 25.0 Å². The average molecular weight is 404 g/mol. The van der Waals surface area contributed by atoms with Crippen LogP contribution in [0.4, 0.5) is 0 Å². The van der Waals surface area contributed by atoms with E-state index in [0.29, 0.717) is 10.9 Å². The molecule has 6 heteroatoms. The maximum atomic E-state index is 12.7. The van der Waals surface area contributed by atoms with Crippen LogP contribution in [-0.2, 0) is 4.79 Å². The number of fused-ring (bicyclic) bond motifs is 1. The number of furan rings is 1. The molecule has 0 radical (unpaired) electrons. The molecule has 2 aromatic heterocycles. The molecule has 1 atom stereocenters. The van der Waals surface area contributed by atoms with Gasteiger partial charge in [0, 0.05) is 16.8 Å². The SMILES string of the molecule is Cc1cc(C)nc(SCC(=O)N[C@H](c2ccccc2)c2cc3ccccc3o2)n1. The van der Waals surface area contributed by atoms with Gasteiger partial charge in [0.2, 0.25) is 5.91 Å². The number of thioether (sulfide) groups is 1. The minimum atomic E-state index is -0.364. The van der Waals surface area contributed by atoms with Gasteiger partial charge in [-0.25, -0.2) is 9.97 Å². The van der Waals surface area contributed by atoms with Crippen LogP contribution in [0.5, 0.6) is 0 Å². The second kappa shape index (κ2) is 8.49. The van der Waals surface area contributed by atoms with Crippen molar-refractivity contribution in [1.82, 2.24) is 15.3 Å². The molecule has 4 rings (SSSR count). The molecular weight excluding hydrogens is 382 g/mol. The third-order valence-corrected chi connectivity index (χ3v) is 5.31. The molecule has 5 nitrogen and oxygen atoms in total. The van der Waals surface area contributed by atoms with Crippen molar-refractivity contribution in [3.8, 4) is 0 Å². The number of aromatic nitrogens is 2. The summed E-state index contributed by atoms with van der Waals surface area (Å²) >= 11 is 1.33. The van der Waals surface area contributed by atoms with Crippen LogP contribution in [-0.4, -0.2) is 21.6 Å². The topological polar surface area (TPSA) is 68.0 Å². The summed E-state index contributed by atoms with van der Waals surface area (Å²) in [5, 5.41) is 4.72. The van der Waals surface area contributed by atoms with Crippen LogP contribution in [0.3, 0.4) is 0 Å². The van der Waals surface area contributed by atoms with E-state index in [2.05, 4.69) is 15.3 Å². The van der Waals surface area contributed by atoms with Gasteiger partial charge in [0.05, 0.1) is 5.75 Å². The number of nitrogens with zero attached hydrogens (tertiary/aromatic N) is 2. The van der Waals surface area contributed by atoms with E-state index in [-0.39, 0.29) is 17.7 Å². The Morgan fingerprint density at radius 3 is 2.41 bits per heavy atom.